The second kappa shape index (κ2) is 13.1. The number of carbonyl (C=O) groups excluding carboxylic acids is 2. The van der Waals surface area contributed by atoms with Crippen LogP contribution in [0.5, 0.6) is 0 Å². The van der Waals surface area contributed by atoms with E-state index < -0.39 is 0 Å². The van der Waals surface area contributed by atoms with Crippen LogP contribution in [0, 0.1) is 11.3 Å². The lowest BCUT2D eigenvalue weighted by Gasteiger charge is -2.35. The molecule has 0 saturated heterocycles. The second-order valence-corrected chi connectivity index (χ2v) is 8.27. The maximum absolute atomic E-state index is 13.2. The highest BCUT2D eigenvalue weighted by Gasteiger charge is 2.27. The van der Waals surface area contributed by atoms with Gasteiger partial charge in [-0.25, -0.2) is 0 Å². The molecule has 0 atom stereocenters. The summed E-state index contributed by atoms with van der Waals surface area (Å²) in [6, 6.07) is 9.06. The van der Waals surface area contributed by atoms with E-state index in [1.807, 2.05) is 11.8 Å². The first-order valence-electron chi connectivity index (χ1n) is 11.8. The first-order valence-corrected chi connectivity index (χ1v) is 11.8. The zero-order valence-electron chi connectivity index (χ0n) is 19.5. The largest absolute Gasteiger partial charge is 0.338 e. The molecule has 1 aliphatic carbocycles. The number of benzene rings is 1. The predicted molar refractivity (Wildman–Crippen MR) is 124 cm³/mol. The number of nitrogens with zero attached hydrogens (tertiary/aromatic N) is 4. The van der Waals surface area contributed by atoms with Crippen molar-refractivity contribution >= 4 is 11.8 Å². The molecule has 0 bridgehead atoms. The van der Waals surface area contributed by atoms with Gasteiger partial charge in [-0.3, -0.25) is 9.59 Å². The molecule has 0 unspecified atom stereocenters. The number of hydrogen-bond acceptors (Lipinski definition) is 4. The van der Waals surface area contributed by atoms with Crippen molar-refractivity contribution in [3.05, 3.63) is 35.4 Å². The molecule has 1 aromatic carbocycles. The summed E-state index contributed by atoms with van der Waals surface area (Å²) in [6.45, 7) is 10.5. The lowest BCUT2D eigenvalue weighted by atomic mass is 9.94. The van der Waals surface area contributed by atoms with Gasteiger partial charge in [0.05, 0.1) is 11.6 Å². The molecule has 1 aromatic rings. The molecule has 1 saturated carbocycles. The van der Waals surface area contributed by atoms with Crippen LogP contribution in [0.15, 0.2) is 24.3 Å². The summed E-state index contributed by atoms with van der Waals surface area (Å²) in [7, 11) is 0. The Bertz CT molecular complexity index is 731. The molecule has 1 aliphatic rings. The molecule has 170 valence electrons. The quantitative estimate of drug-likeness (QED) is 0.538. The third kappa shape index (κ3) is 7.36. The highest BCUT2D eigenvalue weighted by Crippen LogP contribution is 2.23. The van der Waals surface area contributed by atoms with Crippen molar-refractivity contribution in [1.82, 2.24) is 14.7 Å². The minimum absolute atomic E-state index is 0.0410. The van der Waals surface area contributed by atoms with Gasteiger partial charge in [0, 0.05) is 24.7 Å². The van der Waals surface area contributed by atoms with Crippen LogP contribution in [-0.2, 0) is 4.79 Å². The van der Waals surface area contributed by atoms with Gasteiger partial charge in [0.2, 0.25) is 5.91 Å². The van der Waals surface area contributed by atoms with E-state index in [0.29, 0.717) is 30.3 Å². The minimum Gasteiger partial charge on any atom is -0.338 e. The maximum Gasteiger partial charge on any atom is 0.254 e. The molecular weight excluding hydrogens is 388 g/mol. The van der Waals surface area contributed by atoms with Crippen LogP contribution < -0.4 is 0 Å². The molecule has 6 nitrogen and oxygen atoms in total. The normalized spacial score (nSPS) is 14.3. The Kier molecular flexibility index (Phi) is 10.5. The molecule has 2 rings (SSSR count). The van der Waals surface area contributed by atoms with Crippen molar-refractivity contribution in [3.8, 4) is 6.07 Å². The SMILES string of the molecule is CCN(CC)CCCN(CC(=O)N(CC)C1CCCCC1)C(=O)c1ccc(C#N)cc1. The van der Waals surface area contributed by atoms with Crippen LogP contribution in [0.1, 0.15) is 75.2 Å². The summed E-state index contributed by atoms with van der Waals surface area (Å²) in [4.78, 5) is 32.4. The fourth-order valence-electron chi connectivity index (χ4n) is 4.43. The molecule has 0 aromatic heterocycles. The summed E-state index contributed by atoms with van der Waals surface area (Å²) >= 11 is 0. The third-order valence-electron chi connectivity index (χ3n) is 6.35. The van der Waals surface area contributed by atoms with Gasteiger partial charge in [0.1, 0.15) is 6.54 Å². The van der Waals surface area contributed by atoms with Gasteiger partial charge in [0.25, 0.3) is 5.91 Å². The Morgan fingerprint density at radius 1 is 0.968 bits per heavy atom. The van der Waals surface area contributed by atoms with Crippen molar-refractivity contribution in [2.24, 2.45) is 0 Å². The molecule has 6 heteroatoms. The van der Waals surface area contributed by atoms with Gasteiger partial charge in [-0.1, -0.05) is 33.1 Å². The number of amides is 2. The average Bonchev–Trinajstić information content (AvgIpc) is 2.82. The van der Waals surface area contributed by atoms with Crippen LogP contribution in [-0.4, -0.2) is 71.8 Å². The Morgan fingerprint density at radius 2 is 1.61 bits per heavy atom. The summed E-state index contributed by atoms with van der Waals surface area (Å²) in [5, 5.41) is 9.02. The van der Waals surface area contributed by atoms with E-state index in [1.54, 1.807) is 29.2 Å². The number of hydrogen-bond donors (Lipinski definition) is 0. The summed E-state index contributed by atoms with van der Waals surface area (Å²) in [5.74, 6) is -0.101. The van der Waals surface area contributed by atoms with Crippen LogP contribution in [0.4, 0.5) is 0 Å². The van der Waals surface area contributed by atoms with Crippen LogP contribution in [0.25, 0.3) is 0 Å². The Balaban J connectivity index is 2.11. The van der Waals surface area contributed by atoms with Gasteiger partial charge in [-0.15, -0.1) is 0 Å². The van der Waals surface area contributed by atoms with Crippen molar-refractivity contribution < 1.29 is 9.59 Å². The van der Waals surface area contributed by atoms with Crippen molar-refractivity contribution in [2.75, 3.05) is 39.3 Å². The van der Waals surface area contributed by atoms with E-state index in [0.717, 1.165) is 38.9 Å². The lowest BCUT2D eigenvalue weighted by molar-refractivity contribution is -0.134. The van der Waals surface area contributed by atoms with Gasteiger partial charge in [0.15, 0.2) is 0 Å². The number of likely N-dealkylation sites (N-methyl/N-ethyl adjacent to an activating group) is 1. The molecule has 0 radical (unpaired) electrons. The van der Waals surface area contributed by atoms with E-state index in [9.17, 15) is 9.59 Å². The van der Waals surface area contributed by atoms with Crippen LogP contribution in [0.2, 0.25) is 0 Å². The van der Waals surface area contributed by atoms with E-state index in [-0.39, 0.29) is 18.4 Å². The van der Waals surface area contributed by atoms with E-state index in [2.05, 4.69) is 24.8 Å². The fourth-order valence-corrected chi connectivity index (χ4v) is 4.43. The summed E-state index contributed by atoms with van der Waals surface area (Å²) in [5.41, 5.74) is 1.05. The Morgan fingerprint density at radius 3 is 2.16 bits per heavy atom. The van der Waals surface area contributed by atoms with E-state index >= 15 is 0 Å². The van der Waals surface area contributed by atoms with Gasteiger partial charge < -0.3 is 14.7 Å². The molecule has 1 fully saturated rings. The smallest absolute Gasteiger partial charge is 0.254 e. The highest BCUT2D eigenvalue weighted by atomic mass is 16.2. The van der Waals surface area contributed by atoms with Gasteiger partial charge in [-0.2, -0.15) is 5.26 Å². The first kappa shape index (κ1) is 24.9. The van der Waals surface area contributed by atoms with Crippen molar-refractivity contribution in [3.63, 3.8) is 0 Å². The monoisotopic (exact) mass is 426 g/mol. The standard InChI is InChI=1S/C25H38N4O2/c1-4-27(5-2)17-10-18-28(25(31)22-15-13-21(19-26)14-16-22)20-24(30)29(6-3)23-11-8-7-9-12-23/h13-16,23H,4-12,17-18,20H2,1-3H3. The van der Waals surface area contributed by atoms with E-state index in [1.165, 1.54) is 19.3 Å². The third-order valence-corrected chi connectivity index (χ3v) is 6.35. The summed E-state index contributed by atoms with van der Waals surface area (Å²) in [6.07, 6.45) is 6.54. The molecule has 0 spiro atoms. The topological polar surface area (TPSA) is 67.7 Å². The predicted octanol–water partition coefficient (Wildman–Crippen LogP) is 3.91. The fraction of sp³-hybridized carbons (Fsp3) is 0.640. The van der Waals surface area contributed by atoms with Gasteiger partial charge >= 0.3 is 0 Å². The van der Waals surface area contributed by atoms with Crippen molar-refractivity contribution in [1.29, 1.82) is 5.26 Å². The van der Waals surface area contributed by atoms with Crippen molar-refractivity contribution in [2.45, 2.75) is 65.3 Å². The van der Waals surface area contributed by atoms with Gasteiger partial charge in [-0.05, 0) is 70.1 Å². The number of carbonyl (C=O) groups is 2. The number of rotatable bonds is 11. The second-order valence-electron chi connectivity index (χ2n) is 8.27. The van der Waals surface area contributed by atoms with Crippen LogP contribution >= 0.6 is 0 Å². The van der Waals surface area contributed by atoms with Crippen LogP contribution in [0.3, 0.4) is 0 Å². The minimum atomic E-state index is -0.142. The zero-order chi connectivity index (χ0) is 22.6. The maximum atomic E-state index is 13.2. The number of nitriles is 1. The first-order chi connectivity index (χ1) is 15.0. The Labute approximate surface area is 187 Å². The lowest BCUT2D eigenvalue weighted by Crippen LogP contribution is -2.48. The molecule has 0 heterocycles. The molecule has 0 aliphatic heterocycles. The van der Waals surface area contributed by atoms with E-state index in [4.69, 9.17) is 5.26 Å². The molecule has 0 N–H and O–H groups in total. The highest BCUT2D eigenvalue weighted by molar-refractivity contribution is 5.96. The molecule has 31 heavy (non-hydrogen) atoms. The average molecular weight is 427 g/mol. The summed E-state index contributed by atoms with van der Waals surface area (Å²) < 4.78 is 0. The molecular formula is C25H38N4O2. The molecule has 2 amide bonds. The zero-order valence-corrected chi connectivity index (χ0v) is 19.5. The Hall–Kier alpha value is -2.39.